The fourth-order valence-electron chi connectivity index (χ4n) is 1.84. The van der Waals surface area contributed by atoms with Gasteiger partial charge in [0.2, 0.25) is 0 Å². The van der Waals surface area contributed by atoms with E-state index in [1.807, 2.05) is 27.7 Å². The lowest BCUT2D eigenvalue weighted by Gasteiger charge is -2.20. The van der Waals surface area contributed by atoms with Crippen LogP contribution in [0.4, 0.5) is 5.82 Å². The number of hydrogen-bond acceptors (Lipinski definition) is 3. The zero-order valence-corrected chi connectivity index (χ0v) is 11.3. The second-order valence-corrected chi connectivity index (χ2v) is 5.04. The van der Waals surface area contributed by atoms with Crippen LogP contribution in [0.2, 0.25) is 0 Å². The summed E-state index contributed by atoms with van der Waals surface area (Å²) in [5, 5.41) is 0. The fourth-order valence-corrected chi connectivity index (χ4v) is 2.17. The molecular weight excluding hydrogens is 268 g/mol. The normalized spacial score (nSPS) is 19.4. The summed E-state index contributed by atoms with van der Waals surface area (Å²) in [6.07, 6.45) is 0. The predicted molar refractivity (Wildman–Crippen MR) is 68.3 cm³/mol. The van der Waals surface area contributed by atoms with Crippen molar-refractivity contribution in [3.8, 4) is 0 Å². The van der Waals surface area contributed by atoms with Crippen molar-refractivity contribution in [2.75, 3.05) is 0 Å². The van der Waals surface area contributed by atoms with Crippen LogP contribution in [0.25, 0.3) is 0 Å². The Morgan fingerprint density at radius 2 is 1.75 bits per heavy atom. The fraction of sp³-hybridized carbons (Fsp3) is 0.417. The molecule has 0 aromatic carbocycles. The van der Waals surface area contributed by atoms with E-state index in [1.165, 1.54) is 0 Å². The maximum Gasteiger partial charge on any atom is 0.186 e. The SMILES string of the molecule is CC1=Nc2nc(C)c(C)c(C)c2C(=O)C1Br. The lowest BCUT2D eigenvalue weighted by atomic mass is 9.95. The minimum Gasteiger partial charge on any atom is -0.292 e. The predicted octanol–water partition coefficient (Wildman–Crippen LogP) is 3.06. The van der Waals surface area contributed by atoms with E-state index in [1.54, 1.807) is 0 Å². The van der Waals surface area contributed by atoms with Gasteiger partial charge in [-0.05, 0) is 38.8 Å². The third kappa shape index (κ3) is 1.52. The van der Waals surface area contributed by atoms with Crippen molar-refractivity contribution in [2.45, 2.75) is 32.5 Å². The summed E-state index contributed by atoms with van der Waals surface area (Å²) in [6.45, 7) is 7.72. The summed E-state index contributed by atoms with van der Waals surface area (Å²) >= 11 is 3.36. The molecular formula is C12H13BrN2O. The Hall–Kier alpha value is -1.03. The van der Waals surface area contributed by atoms with E-state index in [0.717, 1.165) is 22.5 Å². The highest BCUT2D eigenvalue weighted by Crippen LogP contribution is 2.31. The van der Waals surface area contributed by atoms with Crippen LogP contribution in [-0.2, 0) is 0 Å². The smallest absolute Gasteiger partial charge is 0.186 e. The van der Waals surface area contributed by atoms with Crippen molar-refractivity contribution in [3.63, 3.8) is 0 Å². The molecule has 0 saturated carbocycles. The first-order valence-corrected chi connectivity index (χ1v) is 6.06. The number of hydrogen-bond donors (Lipinski definition) is 0. The first-order valence-electron chi connectivity index (χ1n) is 5.14. The molecule has 0 radical (unpaired) electrons. The van der Waals surface area contributed by atoms with Gasteiger partial charge in [0.05, 0.1) is 5.56 Å². The van der Waals surface area contributed by atoms with E-state index in [0.29, 0.717) is 11.4 Å². The standard InChI is InChI=1S/C12H13BrN2O/c1-5-6(2)9-11(16)10(13)8(4)15-12(9)14-7(5)3/h10H,1-4H3. The van der Waals surface area contributed by atoms with Gasteiger partial charge in [0.15, 0.2) is 11.6 Å². The first-order chi connectivity index (χ1) is 7.43. The third-order valence-electron chi connectivity index (χ3n) is 3.10. The van der Waals surface area contributed by atoms with Crippen molar-refractivity contribution >= 4 is 33.2 Å². The van der Waals surface area contributed by atoms with Gasteiger partial charge in [0.25, 0.3) is 0 Å². The largest absolute Gasteiger partial charge is 0.292 e. The molecule has 3 nitrogen and oxygen atoms in total. The number of aliphatic imine (C=N–C) groups is 1. The molecule has 84 valence electrons. The number of carbonyl (C=O) groups excluding carboxylic acids is 1. The number of carbonyl (C=O) groups is 1. The van der Waals surface area contributed by atoms with E-state index in [2.05, 4.69) is 25.9 Å². The number of alkyl halides is 1. The molecule has 0 spiro atoms. The maximum atomic E-state index is 12.1. The number of halogens is 1. The van der Waals surface area contributed by atoms with Crippen molar-refractivity contribution in [1.82, 2.24) is 4.98 Å². The van der Waals surface area contributed by atoms with Crippen LogP contribution in [0.5, 0.6) is 0 Å². The molecule has 4 heteroatoms. The molecule has 1 aromatic rings. The van der Waals surface area contributed by atoms with E-state index in [4.69, 9.17) is 0 Å². The minimum absolute atomic E-state index is 0.0654. The molecule has 1 aliphatic rings. The zero-order valence-electron chi connectivity index (χ0n) is 9.76. The highest BCUT2D eigenvalue weighted by atomic mass is 79.9. The van der Waals surface area contributed by atoms with Gasteiger partial charge in [-0.25, -0.2) is 9.98 Å². The summed E-state index contributed by atoms with van der Waals surface area (Å²) in [5.74, 6) is 0.634. The van der Waals surface area contributed by atoms with Crippen LogP contribution in [-0.4, -0.2) is 21.3 Å². The molecule has 0 saturated heterocycles. The van der Waals surface area contributed by atoms with E-state index >= 15 is 0 Å². The number of fused-ring (bicyclic) bond motifs is 1. The Kier molecular flexibility index (Phi) is 2.70. The van der Waals surface area contributed by atoms with Crippen LogP contribution >= 0.6 is 15.9 Å². The van der Waals surface area contributed by atoms with Crippen molar-refractivity contribution < 1.29 is 4.79 Å². The van der Waals surface area contributed by atoms with Gasteiger partial charge in [-0.1, -0.05) is 15.9 Å². The number of aromatic nitrogens is 1. The van der Waals surface area contributed by atoms with Gasteiger partial charge in [-0.3, -0.25) is 4.79 Å². The zero-order chi connectivity index (χ0) is 12.0. The Bertz CT molecular complexity index is 520. The monoisotopic (exact) mass is 280 g/mol. The van der Waals surface area contributed by atoms with Gasteiger partial charge in [0, 0.05) is 11.4 Å². The van der Waals surface area contributed by atoms with E-state index < -0.39 is 0 Å². The van der Waals surface area contributed by atoms with Gasteiger partial charge in [-0.15, -0.1) is 0 Å². The highest BCUT2D eigenvalue weighted by Gasteiger charge is 2.30. The van der Waals surface area contributed by atoms with Crippen LogP contribution in [0, 0.1) is 20.8 Å². The Balaban J connectivity index is 2.78. The number of rotatable bonds is 0. The molecule has 2 rings (SSSR count). The third-order valence-corrected chi connectivity index (χ3v) is 4.18. The molecule has 0 N–H and O–H groups in total. The molecule has 1 atom stereocenters. The topological polar surface area (TPSA) is 42.3 Å². The van der Waals surface area contributed by atoms with Crippen LogP contribution in [0.3, 0.4) is 0 Å². The van der Waals surface area contributed by atoms with Crippen molar-refractivity contribution in [1.29, 1.82) is 0 Å². The lowest BCUT2D eigenvalue weighted by Crippen LogP contribution is -2.27. The lowest BCUT2D eigenvalue weighted by molar-refractivity contribution is 0.100. The molecule has 2 heterocycles. The molecule has 16 heavy (non-hydrogen) atoms. The number of pyridine rings is 1. The van der Waals surface area contributed by atoms with Crippen LogP contribution in [0.15, 0.2) is 4.99 Å². The number of aryl methyl sites for hydroxylation is 1. The number of Topliss-reactive ketones (excluding diaryl/α,β-unsaturated/α-hetero) is 1. The van der Waals surface area contributed by atoms with Crippen LogP contribution < -0.4 is 0 Å². The molecule has 0 aliphatic carbocycles. The van der Waals surface area contributed by atoms with Crippen molar-refractivity contribution in [3.05, 3.63) is 22.4 Å². The molecule has 0 fully saturated rings. The quantitative estimate of drug-likeness (QED) is 0.686. The van der Waals surface area contributed by atoms with Gasteiger partial charge >= 0.3 is 0 Å². The molecule has 1 aliphatic heterocycles. The minimum atomic E-state index is -0.303. The second kappa shape index (κ2) is 3.77. The van der Waals surface area contributed by atoms with Gasteiger partial charge < -0.3 is 0 Å². The number of ketones is 1. The molecule has 1 aromatic heterocycles. The summed E-state index contributed by atoms with van der Waals surface area (Å²) in [4.78, 5) is 20.6. The Labute approximate surface area is 103 Å². The summed E-state index contributed by atoms with van der Waals surface area (Å²) in [5.41, 5.74) is 4.44. The van der Waals surface area contributed by atoms with Gasteiger partial charge in [-0.2, -0.15) is 0 Å². The first kappa shape index (κ1) is 11.5. The molecule has 0 amide bonds. The van der Waals surface area contributed by atoms with E-state index in [-0.39, 0.29) is 10.6 Å². The summed E-state index contributed by atoms with van der Waals surface area (Å²) < 4.78 is 0. The highest BCUT2D eigenvalue weighted by molar-refractivity contribution is 9.10. The second-order valence-electron chi connectivity index (χ2n) is 4.13. The maximum absolute atomic E-state index is 12.1. The van der Waals surface area contributed by atoms with E-state index in [9.17, 15) is 4.79 Å². The van der Waals surface area contributed by atoms with Crippen LogP contribution in [0.1, 0.15) is 34.1 Å². The molecule has 0 bridgehead atoms. The van der Waals surface area contributed by atoms with Gasteiger partial charge in [0.1, 0.15) is 4.83 Å². The summed E-state index contributed by atoms with van der Waals surface area (Å²) in [7, 11) is 0. The molecule has 1 unspecified atom stereocenters. The Morgan fingerprint density at radius 3 is 2.38 bits per heavy atom. The average Bonchev–Trinajstić information content (AvgIpc) is 2.23. The van der Waals surface area contributed by atoms with Crippen molar-refractivity contribution in [2.24, 2.45) is 4.99 Å². The number of nitrogens with zero attached hydrogens (tertiary/aromatic N) is 2. The summed E-state index contributed by atoms with van der Waals surface area (Å²) in [6, 6.07) is 0. The Morgan fingerprint density at radius 1 is 1.12 bits per heavy atom. The average molecular weight is 281 g/mol.